The van der Waals surface area contributed by atoms with Crippen molar-refractivity contribution in [3.05, 3.63) is 96.6 Å². The van der Waals surface area contributed by atoms with E-state index in [1.165, 1.54) is 5.56 Å². The van der Waals surface area contributed by atoms with Gasteiger partial charge in [0.15, 0.2) is 0 Å². The third kappa shape index (κ3) is 8.44. The number of ether oxygens (including phenoxy) is 1. The molecule has 2 unspecified atom stereocenters. The zero-order chi connectivity index (χ0) is 25.9. The number of thioether (sulfide) groups is 1. The Morgan fingerprint density at radius 2 is 1.36 bits per heavy atom. The summed E-state index contributed by atoms with van der Waals surface area (Å²) in [5.74, 6) is 1.18. The standard InChI is InChI=1S/C28H33O6PS/c1-23(24-13-7-4-8-14-24)21-28(2,22-36-3)27(29)31-19-20-32-35(30,33-25-15-9-5-10-16-25)34-26-17-11-6-12-18-26/h4-18,23H,19-22H2,1-3H3. The van der Waals surface area contributed by atoms with Crippen LogP contribution in [0.4, 0.5) is 0 Å². The van der Waals surface area contributed by atoms with Crippen LogP contribution < -0.4 is 9.05 Å². The topological polar surface area (TPSA) is 71.1 Å². The van der Waals surface area contributed by atoms with E-state index < -0.39 is 13.2 Å². The first-order valence-corrected chi connectivity index (χ1v) is 14.6. The molecule has 2 atom stereocenters. The van der Waals surface area contributed by atoms with E-state index in [4.69, 9.17) is 18.3 Å². The van der Waals surface area contributed by atoms with Crippen molar-refractivity contribution in [1.29, 1.82) is 0 Å². The molecule has 6 nitrogen and oxygen atoms in total. The summed E-state index contributed by atoms with van der Waals surface area (Å²) in [6, 6.07) is 27.4. The number of phosphoric acid groups is 1. The number of hydrogen-bond donors (Lipinski definition) is 0. The minimum atomic E-state index is -4.03. The lowest BCUT2D eigenvalue weighted by Gasteiger charge is -2.29. The molecular weight excluding hydrogens is 495 g/mol. The molecule has 0 fully saturated rings. The van der Waals surface area contributed by atoms with Gasteiger partial charge in [-0.1, -0.05) is 73.7 Å². The van der Waals surface area contributed by atoms with Crippen LogP contribution in [-0.4, -0.2) is 31.2 Å². The van der Waals surface area contributed by atoms with Gasteiger partial charge >= 0.3 is 13.8 Å². The maximum absolute atomic E-state index is 13.4. The molecule has 0 radical (unpaired) electrons. The summed E-state index contributed by atoms with van der Waals surface area (Å²) in [4.78, 5) is 13.1. The third-order valence-corrected chi connectivity index (χ3v) is 7.86. The second-order valence-electron chi connectivity index (χ2n) is 8.73. The van der Waals surface area contributed by atoms with Gasteiger partial charge in [-0.25, -0.2) is 4.57 Å². The Balaban J connectivity index is 1.60. The molecule has 3 rings (SSSR count). The highest BCUT2D eigenvalue weighted by Crippen LogP contribution is 2.49. The number of rotatable bonds is 14. The maximum Gasteiger partial charge on any atom is 0.587 e. The van der Waals surface area contributed by atoms with Crippen LogP contribution in [-0.2, 0) is 18.6 Å². The smallest absolute Gasteiger partial charge is 0.463 e. The van der Waals surface area contributed by atoms with Crippen molar-refractivity contribution in [2.24, 2.45) is 5.41 Å². The van der Waals surface area contributed by atoms with Crippen molar-refractivity contribution < 1.29 is 27.7 Å². The van der Waals surface area contributed by atoms with E-state index in [-0.39, 0.29) is 25.1 Å². The van der Waals surface area contributed by atoms with Gasteiger partial charge in [0.1, 0.15) is 18.1 Å². The van der Waals surface area contributed by atoms with Crippen LogP contribution in [0.2, 0.25) is 0 Å². The van der Waals surface area contributed by atoms with E-state index >= 15 is 0 Å². The first kappa shape index (κ1) is 27.9. The first-order chi connectivity index (χ1) is 17.3. The van der Waals surface area contributed by atoms with Gasteiger partial charge in [0, 0.05) is 5.75 Å². The SMILES string of the molecule is CSCC(C)(CC(C)c1ccccc1)C(=O)OCCOP(=O)(Oc1ccccc1)Oc1ccccc1. The lowest BCUT2D eigenvalue weighted by molar-refractivity contribution is -0.155. The van der Waals surface area contributed by atoms with E-state index in [2.05, 4.69) is 19.1 Å². The van der Waals surface area contributed by atoms with Gasteiger partial charge in [-0.2, -0.15) is 11.8 Å². The van der Waals surface area contributed by atoms with Gasteiger partial charge in [-0.15, -0.1) is 0 Å². The highest BCUT2D eigenvalue weighted by atomic mass is 32.2. The van der Waals surface area contributed by atoms with Crippen LogP contribution in [0.15, 0.2) is 91.0 Å². The predicted octanol–water partition coefficient (Wildman–Crippen LogP) is 7.38. The number of hydrogen-bond acceptors (Lipinski definition) is 7. The van der Waals surface area contributed by atoms with E-state index in [0.29, 0.717) is 23.7 Å². The highest BCUT2D eigenvalue weighted by Gasteiger charge is 2.37. The summed E-state index contributed by atoms with van der Waals surface area (Å²) in [6.45, 7) is 3.81. The number of benzene rings is 3. The van der Waals surface area contributed by atoms with Gasteiger partial charge in [0.2, 0.25) is 0 Å². The fraction of sp³-hybridized carbons (Fsp3) is 0.321. The lowest BCUT2D eigenvalue weighted by atomic mass is 9.80. The molecule has 0 bridgehead atoms. The molecule has 0 heterocycles. The van der Waals surface area contributed by atoms with E-state index in [0.717, 1.165) is 0 Å². The van der Waals surface area contributed by atoms with Gasteiger partial charge in [0.05, 0.1) is 12.0 Å². The summed E-state index contributed by atoms with van der Waals surface area (Å²) in [7, 11) is -4.03. The van der Waals surface area contributed by atoms with Crippen LogP contribution in [0.3, 0.4) is 0 Å². The third-order valence-electron chi connectivity index (χ3n) is 5.57. The molecular formula is C28H33O6PS. The predicted molar refractivity (Wildman–Crippen MR) is 145 cm³/mol. The van der Waals surface area contributed by atoms with Crippen LogP contribution >= 0.6 is 19.6 Å². The Bertz CT molecular complexity index is 1070. The van der Waals surface area contributed by atoms with Gasteiger partial charge in [-0.05, 0) is 55.3 Å². The molecule has 0 N–H and O–H groups in total. The number of para-hydroxylation sites is 2. The largest absolute Gasteiger partial charge is 0.587 e. The Morgan fingerprint density at radius 1 is 0.861 bits per heavy atom. The minimum Gasteiger partial charge on any atom is -0.463 e. The number of phosphoric ester groups is 1. The Morgan fingerprint density at radius 3 is 1.86 bits per heavy atom. The Labute approximate surface area is 217 Å². The highest BCUT2D eigenvalue weighted by molar-refractivity contribution is 7.98. The first-order valence-electron chi connectivity index (χ1n) is 11.8. The average molecular weight is 529 g/mol. The zero-order valence-corrected chi connectivity index (χ0v) is 22.6. The Hall–Kier alpha value is -2.73. The molecule has 0 aromatic heterocycles. The molecule has 0 amide bonds. The van der Waals surface area contributed by atoms with E-state index in [1.807, 2.05) is 43.5 Å². The quantitative estimate of drug-likeness (QED) is 0.123. The lowest BCUT2D eigenvalue weighted by Crippen LogP contribution is -2.34. The van der Waals surface area contributed by atoms with Crippen molar-refractivity contribution >= 4 is 25.6 Å². The van der Waals surface area contributed by atoms with Crippen LogP contribution in [0.25, 0.3) is 0 Å². The molecule has 0 saturated heterocycles. The van der Waals surface area contributed by atoms with Crippen molar-refractivity contribution in [3.8, 4) is 11.5 Å². The van der Waals surface area contributed by atoms with Crippen molar-refractivity contribution in [2.45, 2.75) is 26.2 Å². The zero-order valence-electron chi connectivity index (χ0n) is 20.9. The summed E-state index contributed by atoms with van der Waals surface area (Å²) >= 11 is 1.60. The second kappa shape index (κ2) is 13.5. The van der Waals surface area contributed by atoms with Crippen molar-refractivity contribution in [2.75, 3.05) is 25.2 Å². The molecule has 36 heavy (non-hydrogen) atoms. The molecule has 0 saturated carbocycles. The second-order valence-corrected chi connectivity index (χ2v) is 11.1. The van der Waals surface area contributed by atoms with E-state index in [1.54, 1.807) is 60.3 Å². The minimum absolute atomic E-state index is 0.0805. The summed E-state index contributed by atoms with van der Waals surface area (Å²) in [6.07, 6.45) is 2.62. The van der Waals surface area contributed by atoms with E-state index in [9.17, 15) is 9.36 Å². The summed E-state index contributed by atoms with van der Waals surface area (Å²) in [5.41, 5.74) is 0.498. The maximum atomic E-state index is 13.4. The molecule has 3 aromatic carbocycles. The van der Waals surface area contributed by atoms with Gasteiger partial charge < -0.3 is 13.8 Å². The Kier molecular flexibility index (Phi) is 10.5. The fourth-order valence-corrected chi connectivity index (χ4v) is 5.92. The van der Waals surface area contributed by atoms with Gasteiger partial charge in [0.25, 0.3) is 0 Å². The van der Waals surface area contributed by atoms with Crippen LogP contribution in [0, 0.1) is 5.41 Å². The fourth-order valence-electron chi connectivity index (χ4n) is 3.84. The van der Waals surface area contributed by atoms with Crippen LogP contribution in [0.5, 0.6) is 11.5 Å². The van der Waals surface area contributed by atoms with Crippen molar-refractivity contribution in [3.63, 3.8) is 0 Å². The monoisotopic (exact) mass is 528 g/mol. The number of esters is 1. The molecule has 0 spiro atoms. The molecule has 192 valence electrons. The summed E-state index contributed by atoms with van der Waals surface area (Å²) in [5, 5.41) is 0. The molecule has 3 aromatic rings. The normalized spacial score (nSPS) is 13.9. The van der Waals surface area contributed by atoms with Crippen LogP contribution in [0.1, 0.15) is 31.7 Å². The molecule has 0 aliphatic carbocycles. The van der Waals surface area contributed by atoms with Gasteiger partial charge in [-0.3, -0.25) is 9.32 Å². The molecule has 0 aliphatic rings. The summed E-state index contributed by atoms with van der Waals surface area (Å²) < 4.78 is 35.7. The molecule has 8 heteroatoms. The number of carbonyl (C=O) groups is 1. The molecule has 0 aliphatic heterocycles. The average Bonchev–Trinajstić information content (AvgIpc) is 2.88. The van der Waals surface area contributed by atoms with Crippen molar-refractivity contribution in [1.82, 2.24) is 0 Å². The number of carbonyl (C=O) groups excluding carboxylic acids is 1.